The molecule has 0 aliphatic carbocycles. The predicted molar refractivity (Wildman–Crippen MR) is 201 cm³/mol. The lowest BCUT2D eigenvalue weighted by molar-refractivity contribution is -0.142. The van der Waals surface area contributed by atoms with Gasteiger partial charge in [-0.05, 0) is 32.6 Å². The number of Topliss-reactive ketones (excluding diaryl/α,β-unsaturated/α-hetero) is 2. The van der Waals surface area contributed by atoms with E-state index in [1.54, 1.807) is 0 Å². The van der Waals surface area contributed by atoms with Crippen molar-refractivity contribution in [1.82, 2.24) is 10.6 Å². The molecule has 2 amide bonds. The highest BCUT2D eigenvalue weighted by molar-refractivity contribution is 5.84. The maximum absolute atomic E-state index is 12.3. The zero-order valence-electron chi connectivity index (χ0n) is 32.5. The zero-order valence-corrected chi connectivity index (χ0v) is 32.5. The third kappa shape index (κ3) is 38.6. The van der Waals surface area contributed by atoms with Gasteiger partial charge in [-0.25, -0.2) is 4.79 Å². The van der Waals surface area contributed by atoms with Crippen LogP contribution in [0.1, 0.15) is 148 Å². The third-order valence-electron chi connectivity index (χ3n) is 8.49. The largest absolute Gasteiger partial charge is 0.481 e. The van der Waals surface area contributed by atoms with Crippen LogP contribution < -0.4 is 10.6 Å². The molecule has 1 unspecified atom stereocenters. The zero-order chi connectivity index (χ0) is 39.2. The van der Waals surface area contributed by atoms with Crippen molar-refractivity contribution >= 4 is 35.3 Å². The van der Waals surface area contributed by atoms with Crippen LogP contribution in [0, 0.1) is 0 Å². The molecule has 0 radical (unpaired) electrons. The fourth-order valence-corrected chi connectivity index (χ4v) is 5.50. The van der Waals surface area contributed by atoms with Crippen LogP contribution in [0.3, 0.4) is 0 Å². The standard InChI is InChI=1S/C39H70N2O12/c1-33(42)31-52-29-28-51-26-24-40-37(45)32-53-30-27-50-25-18-19-34(43)22-23-35(39(48)49)41-36(44)20-16-14-12-10-8-6-4-2-3-5-7-9-11-13-15-17-21-38(46)47/h35H,2-32H2,1H3,(H,40,45)(H,41,44)(H,46,47)(H,48,49). The molecule has 0 aromatic heterocycles. The lowest BCUT2D eigenvalue weighted by atomic mass is 10.0. The van der Waals surface area contributed by atoms with Crippen LogP contribution in [0.5, 0.6) is 0 Å². The summed E-state index contributed by atoms with van der Waals surface area (Å²) < 4.78 is 21.0. The van der Waals surface area contributed by atoms with Gasteiger partial charge < -0.3 is 39.8 Å². The first-order valence-corrected chi connectivity index (χ1v) is 19.9. The van der Waals surface area contributed by atoms with E-state index in [9.17, 15) is 33.9 Å². The Hall–Kier alpha value is -2.94. The molecular formula is C39H70N2O12. The van der Waals surface area contributed by atoms with Crippen LogP contribution >= 0.6 is 0 Å². The highest BCUT2D eigenvalue weighted by atomic mass is 16.5. The van der Waals surface area contributed by atoms with Gasteiger partial charge >= 0.3 is 11.9 Å². The van der Waals surface area contributed by atoms with Gasteiger partial charge in [-0.2, -0.15) is 0 Å². The van der Waals surface area contributed by atoms with Gasteiger partial charge in [-0.1, -0.05) is 89.9 Å². The number of hydrogen-bond donors (Lipinski definition) is 4. The number of nitrogens with one attached hydrogen (secondary N) is 2. The van der Waals surface area contributed by atoms with Crippen molar-refractivity contribution in [3.05, 3.63) is 0 Å². The smallest absolute Gasteiger partial charge is 0.326 e. The van der Waals surface area contributed by atoms with Gasteiger partial charge in [0.2, 0.25) is 11.8 Å². The Morgan fingerprint density at radius 3 is 1.47 bits per heavy atom. The first-order valence-electron chi connectivity index (χ1n) is 19.9. The molecule has 14 heteroatoms. The van der Waals surface area contributed by atoms with Crippen LogP contribution in [-0.2, 0) is 47.7 Å². The van der Waals surface area contributed by atoms with Crippen LogP contribution in [0.15, 0.2) is 0 Å². The Labute approximate surface area is 317 Å². The SMILES string of the molecule is CC(=O)COCCOCCNC(=O)COCCOCCCC(=O)CCC(NC(=O)CCCCCCCCCCCCCCCCCCC(=O)O)C(=O)O. The summed E-state index contributed by atoms with van der Waals surface area (Å²) in [4.78, 5) is 69.2. The second kappa shape index (κ2) is 37.4. The number of aliphatic carboxylic acids is 2. The summed E-state index contributed by atoms with van der Waals surface area (Å²) in [6, 6.07) is -1.08. The molecule has 0 bridgehead atoms. The average molecular weight is 759 g/mol. The second-order valence-corrected chi connectivity index (χ2v) is 13.6. The van der Waals surface area contributed by atoms with Crippen LogP contribution in [0.25, 0.3) is 0 Å². The number of amides is 2. The number of unbranched alkanes of at least 4 members (excludes halogenated alkanes) is 15. The molecule has 0 rings (SSSR count). The van der Waals surface area contributed by atoms with Crippen molar-refractivity contribution < 1.29 is 57.9 Å². The minimum atomic E-state index is -1.14. The minimum Gasteiger partial charge on any atom is -0.481 e. The molecule has 0 aromatic rings. The second-order valence-electron chi connectivity index (χ2n) is 13.6. The topological polar surface area (TPSA) is 204 Å². The average Bonchev–Trinajstić information content (AvgIpc) is 3.11. The van der Waals surface area contributed by atoms with Crippen molar-refractivity contribution in [3.63, 3.8) is 0 Å². The van der Waals surface area contributed by atoms with E-state index < -0.39 is 18.0 Å². The summed E-state index contributed by atoms with van der Waals surface area (Å²) in [6.07, 6.45) is 19.4. The monoisotopic (exact) mass is 758 g/mol. The molecule has 0 heterocycles. The third-order valence-corrected chi connectivity index (χ3v) is 8.49. The molecule has 0 saturated heterocycles. The van der Waals surface area contributed by atoms with Crippen LogP contribution in [-0.4, -0.2) is 111 Å². The molecule has 1 atom stereocenters. The number of rotatable bonds is 41. The number of carbonyl (C=O) groups excluding carboxylic acids is 4. The number of ether oxygens (including phenoxy) is 4. The van der Waals surface area contributed by atoms with Gasteiger partial charge in [-0.15, -0.1) is 0 Å². The predicted octanol–water partition coefficient (Wildman–Crippen LogP) is 5.56. The lowest BCUT2D eigenvalue weighted by Crippen LogP contribution is -2.41. The lowest BCUT2D eigenvalue weighted by Gasteiger charge is -2.14. The summed E-state index contributed by atoms with van der Waals surface area (Å²) in [5, 5.41) is 23.4. The Morgan fingerprint density at radius 1 is 0.491 bits per heavy atom. The number of carbonyl (C=O) groups is 6. The molecule has 4 N–H and O–H groups in total. The Bertz CT molecular complexity index is 978. The minimum absolute atomic E-state index is 0.0501. The van der Waals surface area contributed by atoms with Crippen molar-refractivity contribution in [2.45, 2.75) is 154 Å². The Balaban J connectivity index is 3.64. The fourth-order valence-electron chi connectivity index (χ4n) is 5.50. The van der Waals surface area contributed by atoms with E-state index in [0.29, 0.717) is 45.8 Å². The molecule has 308 valence electrons. The highest BCUT2D eigenvalue weighted by Gasteiger charge is 2.20. The van der Waals surface area contributed by atoms with Gasteiger partial charge in [-0.3, -0.25) is 24.0 Å². The van der Waals surface area contributed by atoms with Crippen molar-refractivity contribution in [2.75, 3.05) is 59.4 Å². The van der Waals surface area contributed by atoms with Crippen molar-refractivity contribution in [2.24, 2.45) is 0 Å². The molecule has 0 aliphatic heterocycles. The Kier molecular flexibility index (Phi) is 35.3. The molecule has 0 fully saturated rings. The fraction of sp³-hybridized carbons (Fsp3) is 0.846. The van der Waals surface area contributed by atoms with E-state index in [-0.39, 0.29) is 81.9 Å². The van der Waals surface area contributed by atoms with E-state index >= 15 is 0 Å². The summed E-state index contributed by atoms with van der Waals surface area (Å²) in [5.41, 5.74) is 0. The number of ketones is 2. The van der Waals surface area contributed by atoms with Crippen molar-refractivity contribution in [3.8, 4) is 0 Å². The van der Waals surface area contributed by atoms with Crippen LogP contribution in [0.4, 0.5) is 0 Å². The molecule has 53 heavy (non-hydrogen) atoms. The van der Waals surface area contributed by atoms with E-state index in [1.165, 1.54) is 64.7 Å². The normalized spacial score (nSPS) is 11.6. The molecule has 0 saturated carbocycles. The van der Waals surface area contributed by atoms with Crippen molar-refractivity contribution in [1.29, 1.82) is 0 Å². The molecule has 14 nitrogen and oxygen atoms in total. The van der Waals surface area contributed by atoms with Gasteiger partial charge in [0.15, 0.2) is 5.78 Å². The van der Waals surface area contributed by atoms with E-state index in [4.69, 9.17) is 24.1 Å². The quantitative estimate of drug-likeness (QED) is 0.0566. The van der Waals surface area contributed by atoms with E-state index in [1.807, 2.05) is 0 Å². The molecule has 0 aromatic carbocycles. The van der Waals surface area contributed by atoms with Gasteiger partial charge in [0, 0.05) is 38.8 Å². The van der Waals surface area contributed by atoms with Gasteiger partial charge in [0.05, 0.1) is 33.0 Å². The molecule has 0 aliphatic rings. The summed E-state index contributed by atoms with van der Waals surface area (Å²) in [5.74, 6) is -2.57. The number of hydrogen-bond acceptors (Lipinski definition) is 10. The molecule has 0 spiro atoms. The molecular weight excluding hydrogens is 688 g/mol. The first kappa shape index (κ1) is 50.1. The highest BCUT2D eigenvalue weighted by Crippen LogP contribution is 2.14. The number of carboxylic acids is 2. The van der Waals surface area contributed by atoms with E-state index in [0.717, 1.165) is 38.5 Å². The van der Waals surface area contributed by atoms with E-state index in [2.05, 4.69) is 10.6 Å². The van der Waals surface area contributed by atoms with Gasteiger partial charge in [0.1, 0.15) is 25.0 Å². The first-order chi connectivity index (χ1) is 25.6. The van der Waals surface area contributed by atoms with Gasteiger partial charge in [0.25, 0.3) is 0 Å². The summed E-state index contributed by atoms with van der Waals surface area (Å²) >= 11 is 0. The maximum atomic E-state index is 12.3. The summed E-state index contributed by atoms with van der Waals surface area (Å²) in [7, 11) is 0. The maximum Gasteiger partial charge on any atom is 0.326 e. The van der Waals surface area contributed by atoms with Crippen LogP contribution in [0.2, 0.25) is 0 Å². The Morgan fingerprint density at radius 2 is 0.962 bits per heavy atom. The number of carboxylic acid groups (broad SMARTS) is 2. The summed E-state index contributed by atoms with van der Waals surface area (Å²) in [6.45, 7) is 3.48.